The van der Waals surface area contributed by atoms with Crippen LogP contribution >= 0.6 is 27.3 Å². The van der Waals surface area contributed by atoms with Crippen LogP contribution in [0.2, 0.25) is 0 Å². The first-order valence-corrected chi connectivity index (χ1v) is 6.06. The van der Waals surface area contributed by atoms with Gasteiger partial charge in [-0.1, -0.05) is 12.1 Å². The fourth-order valence-electron chi connectivity index (χ4n) is 1.29. The van der Waals surface area contributed by atoms with Crippen LogP contribution in [0.25, 0.3) is 10.4 Å². The van der Waals surface area contributed by atoms with Crippen molar-refractivity contribution >= 4 is 27.3 Å². The molecule has 0 spiro atoms. The molecule has 0 aliphatic rings. The molecule has 2 aromatic rings. The molecule has 1 aromatic heterocycles. The van der Waals surface area contributed by atoms with Crippen LogP contribution < -0.4 is 0 Å². The van der Waals surface area contributed by atoms with Crippen LogP contribution in [0, 0.1) is 0 Å². The number of hydrogen-bond donors (Lipinski definition) is 0. The molecule has 5 heteroatoms. The Balaban J connectivity index is 2.33. The van der Waals surface area contributed by atoms with Crippen LogP contribution in [0.3, 0.4) is 0 Å². The molecule has 0 bridgehead atoms. The second-order valence-electron chi connectivity index (χ2n) is 3.20. The standard InChI is InChI=1S/C11H6BrF3S/c12-9-5-10(16-6-9)7-1-3-8(4-2-7)11(13,14)15/h1-6H. The normalized spacial score (nSPS) is 11.8. The highest BCUT2D eigenvalue weighted by molar-refractivity contribution is 9.10. The number of benzene rings is 1. The van der Waals surface area contributed by atoms with Gasteiger partial charge in [0.15, 0.2) is 0 Å². The van der Waals surface area contributed by atoms with E-state index in [1.54, 1.807) is 0 Å². The first-order valence-electron chi connectivity index (χ1n) is 4.38. The molecule has 84 valence electrons. The van der Waals surface area contributed by atoms with E-state index in [0.29, 0.717) is 0 Å². The van der Waals surface area contributed by atoms with E-state index in [0.717, 1.165) is 27.0 Å². The predicted molar refractivity (Wildman–Crippen MR) is 62.5 cm³/mol. The van der Waals surface area contributed by atoms with E-state index in [4.69, 9.17) is 0 Å². The molecule has 0 aliphatic heterocycles. The molecule has 0 radical (unpaired) electrons. The Morgan fingerprint density at radius 3 is 2.12 bits per heavy atom. The van der Waals surface area contributed by atoms with Crippen molar-refractivity contribution in [3.8, 4) is 10.4 Å². The highest BCUT2D eigenvalue weighted by Gasteiger charge is 2.29. The third-order valence-electron chi connectivity index (χ3n) is 2.06. The SMILES string of the molecule is FC(F)(F)c1ccc(-c2cc(Br)cs2)cc1. The Kier molecular flexibility index (Phi) is 3.08. The molecule has 0 unspecified atom stereocenters. The summed E-state index contributed by atoms with van der Waals surface area (Å²) in [6.45, 7) is 0. The summed E-state index contributed by atoms with van der Waals surface area (Å²) in [5, 5.41) is 1.90. The van der Waals surface area contributed by atoms with Crippen LogP contribution in [0.4, 0.5) is 13.2 Å². The molecule has 2 rings (SSSR count). The summed E-state index contributed by atoms with van der Waals surface area (Å²) in [7, 11) is 0. The molecule has 0 fully saturated rings. The Hall–Kier alpha value is -0.810. The zero-order valence-corrected chi connectivity index (χ0v) is 10.3. The minimum atomic E-state index is -4.27. The summed E-state index contributed by atoms with van der Waals surface area (Å²) in [6.07, 6.45) is -4.27. The smallest absolute Gasteiger partial charge is 0.166 e. The van der Waals surface area contributed by atoms with Gasteiger partial charge in [-0.05, 0) is 39.7 Å². The van der Waals surface area contributed by atoms with Gasteiger partial charge in [-0.3, -0.25) is 0 Å². The highest BCUT2D eigenvalue weighted by atomic mass is 79.9. The molecule has 0 saturated carbocycles. The lowest BCUT2D eigenvalue weighted by Gasteiger charge is -2.06. The van der Waals surface area contributed by atoms with Crippen LogP contribution in [0.15, 0.2) is 40.2 Å². The first kappa shape index (κ1) is 11.7. The van der Waals surface area contributed by atoms with E-state index in [2.05, 4.69) is 15.9 Å². The molecule has 0 atom stereocenters. The number of halogens is 4. The molecule has 0 amide bonds. The quantitative estimate of drug-likeness (QED) is 0.679. The second kappa shape index (κ2) is 4.22. The van der Waals surface area contributed by atoms with Crippen LogP contribution in [-0.4, -0.2) is 0 Å². The fourth-order valence-corrected chi connectivity index (χ4v) is 2.72. The van der Waals surface area contributed by atoms with Gasteiger partial charge in [0, 0.05) is 14.7 Å². The van der Waals surface area contributed by atoms with Gasteiger partial charge in [0.2, 0.25) is 0 Å². The Morgan fingerprint density at radius 2 is 1.69 bits per heavy atom. The predicted octanol–water partition coefficient (Wildman–Crippen LogP) is 5.20. The van der Waals surface area contributed by atoms with Gasteiger partial charge in [-0.15, -0.1) is 11.3 Å². The van der Waals surface area contributed by atoms with Crippen molar-refractivity contribution in [2.24, 2.45) is 0 Å². The average molecular weight is 307 g/mol. The molecular weight excluding hydrogens is 301 g/mol. The second-order valence-corrected chi connectivity index (χ2v) is 5.03. The minimum Gasteiger partial charge on any atom is -0.166 e. The van der Waals surface area contributed by atoms with Crippen molar-refractivity contribution < 1.29 is 13.2 Å². The Morgan fingerprint density at radius 1 is 1.06 bits per heavy atom. The molecule has 0 aliphatic carbocycles. The van der Waals surface area contributed by atoms with Gasteiger partial charge in [-0.2, -0.15) is 13.2 Å². The number of thiophene rings is 1. The zero-order chi connectivity index (χ0) is 11.8. The largest absolute Gasteiger partial charge is 0.416 e. The van der Waals surface area contributed by atoms with Crippen LogP contribution in [-0.2, 0) is 6.18 Å². The van der Waals surface area contributed by atoms with Gasteiger partial charge in [0.25, 0.3) is 0 Å². The van der Waals surface area contributed by atoms with Crippen LogP contribution in [0.1, 0.15) is 5.56 Å². The third kappa shape index (κ3) is 2.47. The summed E-state index contributed by atoms with van der Waals surface area (Å²) in [5.74, 6) is 0. The molecule has 0 saturated heterocycles. The highest BCUT2D eigenvalue weighted by Crippen LogP contribution is 2.33. The van der Waals surface area contributed by atoms with Crippen molar-refractivity contribution in [2.75, 3.05) is 0 Å². The molecular formula is C11H6BrF3S. The average Bonchev–Trinajstić information content (AvgIpc) is 2.64. The summed E-state index contributed by atoms with van der Waals surface area (Å²) in [4.78, 5) is 0.945. The van der Waals surface area contributed by atoms with Crippen molar-refractivity contribution in [2.45, 2.75) is 6.18 Å². The Labute approximate surface area is 103 Å². The van der Waals surface area contributed by atoms with Gasteiger partial charge in [0.05, 0.1) is 5.56 Å². The summed E-state index contributed by atoms with van der Waals surface area (Å²) in [5.41, 5.74) is 0.176. The van der Waals surface area contributed by atoms with Gasteiger partial charge in [-0.25, -0.2) is 0 Å². The van der Waals surface area contributed by atoms with E-state index in [-0.39, 0.29) is 0 Å². The van der Waals surface area contributed by atoms with E-state index >= 15 is 0 Å². The van der Waals surface area contributed by atoms with E-state index in [1.165, 1.54) is 23.5 Å². The summed E-state index contributed by atoms with van der Waals surface area (Å²) >= 11 is 4.79. The monoisotopic (exact) mass is 306 g/mol. The lowest BCUT2D eigenvalue weighted by molar-refractivity contribution is -0.137. The topological polar surface area (TPSA) is 0 Å². The molecule has 16 heavy (non-hydrogen) atoms. The lowest BCUT2D eigenvalue weighted by atomic mass is 10.1. The van der Waals surface area contributed by atoms with E-state index in [1.807, 2.05) is 11.4 Å². The van der Waals surface area contributed by atoms with E-state index in [9.17, 15) is 13.2 Å². The van der Waals surface area contributed by atoms with Gasteiger partial charge in [0.1, 0.15) is 0 Å². The summed E-state index contributed by atoms with van der Waals surface area (Å²) < 4.78 is 37.9. The number of hydrogen-bond acceptors (Lipinski definition) is 1. The molecule has 1 heterocycles. The van der Waals surface area contributed by atoms with Gasteiger partial charge < -0.3 is 0 Å². The maximum atomic E-state index is 12.3. The van der Waals surface area contributed by atoms with Crippen LogP contribution in [0.5, 0.6) is 0 Å². The maximum Gasteiger partial charge on any atom is 0.416 e. The number of rotatable bonds is 1. The fraction of sp³-hybridized carbons (Fsp3) is 0.0909. The molecule has 1 aromatic carbocycles. The third-order valence-corrected chi connectivity index (χ3v) is 3.80. The number of alkyl halides is 3. The molecule has 0 nitrogen and oxygen atoms in total. The minimum absolute atomic E-state index is 0.619. The van der Waals surface area contributed by atoms with Crippen molar-refractivity contribution in [1.82, 2.24) is 0 Å². The zero-order valence-electron chi connectivity index (χ0n) is 7.88. The summed E-state index contributed by atoms with van der Waals surface area (Å²) in [6, 6.07) is 7.06. The van der Waals surface area contributed by atoms with E-state index < -0.39 is 11.7 Å². The van der Waals surface area contributed by atoms with Crippen molar-refractivity contribution in [3.05, 3.63) is 45.7 Å². The van der Waals surface area contributed by atoms with Crippen molar-refractivity contribution in [3.63, 3.8) is 0 Å². The van der Waals surface area contributed by atoms with Crippen molar-refractivity contribution in [1.29, 1.82) is 0 Å². The van der Waals surface area contributed by atoms with Gasteiger partial charge >= 0.3 is 6.18 Å². The molecule has 0 N–H and O–H groups in total. The lowest BCUT2D eigenvalue weighted by Crippen LogP contribution is -2.03. The first-order chi connectivity index (χ1) is 7.47. The maximum absolute atomic E-state index is 12.3. The Bertz CT molecular complexity index is 485.